The van der Waals surface area contributed by atoms with E-state index in [4.69, 9.17) is 14.6 Å². The van der Waals surface area contributed by atoms with Gasteiger partial charge in [0.1, 0.15) is 12.4 Å². The van der Waals surface area contributed by atoms with Gasteiger partial charge in [0.25, 0.3) is 5.91 Å². The molecule has 2 aromatic carbocycles. The summed E-state index contributed by atoms with van der Waals surface area (Å²) in [5.41, 5.74) is 1.29. The first-order chi connectivity index (χ1) is 13.3. The molecule has 0 radical (unpaired) electrons. The average Bonchev–Trinajstić information content (AvgIpc) is 3.20. The van der Waals surface area contributed by atoms with E-state index in [0.717, 1.165) is 25.0 Å². The Morgan fingerprint density at radius 2 is 1.89 bits per heavy atom. The summed E-state index contributed by atoms with van der Waals surface area (Å²) in [7, 11) is -3.73. The summed E-state index contributed by atoms with van der Waals surface area (Å²) in [5.74, 6) is 0.465. The Bertz CT molecular complexity index is 905. The van der Waals surface area contributed by atoms with Crippen LogP contribution in [-0.2, 0) is 14.8 Å². The quantitative estimate of drug-likeness (QED) is 0.737. The predicted octanol–water partition coefficient (Wildman–Crippen LogP) is 2.38. The third-order valence-corrected chi connectivity index (χ3v) is 5.56. The van der Waals surface area contributed by atoms with E-state index in [2.05, 4.69) is 5.32 Å². The summed E-state index contributed by atoms with van der Waals surface area (Å²) in [6.07, 6.45) is 2.22. The minimum Gasteiger partial charge on any atom is -0.491 e. The van der Waals surface area contributed by atoms with Gasteiger partial charge in [0.15, 0.2) is 0 Å². The second kappa shape index (κ2) is 8.72. The van der Waals surface area contributed by atoms with Gasteiger partial charge in [0, 0.05) is 12.2 Å². The van der Waals surface area contributed by atoms with Crippen LogP contribution in [0.5, 0.6) is 5.75 Å². The third-order valence-electron chi connectivity index (χ3n) is 4.63. The summed E-state index contributed by atoms with van der Waals surface area (Å²) in [4.78, 5) is 12.5. The Morgan fingerprint density at radius 3 is 2.46 bits per heavy atom. The lowest BCUT2D eigenvalue weighted by Gasteiger charge is -2.15. The summed E-state index contributed by atoms with van der Waals surface area (Å²) < 4.78 is 33.8. The molecule has 0 bridgehead atoms. The molecule has 150 valence electrons. The molecule has 2 atom stereocenters. The number of sulfonamides is 1. The van der Waals surface area contributed by atoms with Crippen LogP contribution in [0.25, 0.3) is 0 Å². The maximum Gasteiger partial charge on any atom is 0.251 e. The third kappa shape index (κ3) is 5.31. The zero-order chi connectivity index (χ0) is 20.1. The van der Waals surface area contributed by atoms with Gasteiger partial charge in [-0.25, -0.2) is 13.6 Å². The van der Waals surface area contributed by atoms with E-state index in [-0.39, 0.29) is 22.9 Å². The maximum absolute atomic E-state index is 12.4. The molecule has 1 fully saturated rings. The molecule has 0 unspecified atom stereocenters. The lowest BCUT2D eigenvalue weighted by Crippen LogP contribution is -2.26. The number of hydrogen-bond donors (Lipinski definition) is 2. The van der Waals surface area contributed by atoms with Crippen LogP contribution in [0.15, 0.2) is 53.4 Å². The van der Waals surface area contributed by atoms with Crippen molar-refractivity contribution in [3.8, 4) is 5.75 Å². The molecular formula is C20H24N2O5S. The lowest BCUT2D eigenvalue weighted by molar-refractivity contribution is 0.0679. The van der Waals surface area contributed by atoms with Crippen LogP contribution < -0.4 is 15.2 Å². The Balaban J connectivity index is 1.56. The number of amides is 1. The lowest BCUT2D eigenvalue weighted by atomic mass is 10.1. The highest BCUT2D eigenvalue weighted by molar-refractivity contribution is 7.89. The summed E-state index contributed by atoms with van der Waals surface area (Å²) in [5, 5.41) is 7.98. The minimum absolute atomic E-state index is 0.0355. The van der Waals surface area contributed by atoms with Gasteiger partial charge in [-0.15, -0.1) is 0 Å². The number of nitrogens with one attached hydrogen (secondary N) is 1. The molecule has 0 saturated carbocycles. The fourth-order valence-electron chi connectivity index (χ4n) is 2.98. The van der Waals surface area contributed by atoms with Crippen LogP contribution in [0, 0.1) is 0 Å². The molecule has 0 spiro atoms. The first-order valence-corrected chi connectivity index (χ1v) is 10.7. The van der Waals surface area contributed by atoms with Gasteiger partial charge < -0.3 is 14.8 Å². The fraction of sp³-hybridized carbons (Fsp3) is 0.350. The molecule has 3 N–H and O–H groups in total. The monoisotopic (exact) mass is 404 g/mol. The second-order valence-electron chi connectivity index (χ2n) is 6.78. The SMILES string of the molecule is C[C@H](NC(=O)c1ccc(OC[C@@H]2CCCO2)cc1)c1ccc(S(N)(=O)=O)cc1. The van der Waals surface area contributed by atoms with Gasteiger partial charge >= 0.3 is 0 Å². The van der Waals surface area contributed by atoms with Gasteiger partial charge in [0.2, 0.25) is 10.0 Å². The number of carbonyl (C=O) groups is 1. The number of rotatable bonds is 7. The molecule has 1 aliphatic heterocycles. The van der Waals surface area contributed by atoms with Crippen molar-refractivity contribution in [2.24, 2.45) is 5.14 Å². The summed E-state index contributed by atoms with van der Waals surface area (Å²) in [6, 6.07) is 12.7. The van der Waals surface area contributed by atoms with Crippen molar-refractivity contribution in [3.05, 3.63) is 59.7 Å². The molecule has 0 aromatic heterocycles. The van der Waals surface area contributed by atoms with E-state index in [1.165, 1.54) is 12.1 Å². The van der Waals surface area contributed by atoms with E-state index < -0.39 is 10.0 Å². The van der Waals surface area contributed by atoms with Crippen molar-refractivity contribution >= 4 is 15.9 Å². The average molecular weight is 404 g/mol. The normalized spacial score (nSPS) is 17.9. The molecule has 28 heavy (non-hydrogen) atoms. The van der Waals surface area contributed by atoms with Crippen LogP contribution in [0.3, 0.4) is 0 Å². The molecular weight excluding hydrogens is 380 g/mol. The molecule has 7 nitrogen and oxygen atoms in total. The predicted molar refractivity (Wildman–Crippen MR) is 105 cm³/mol. The van der Waals surface area contributed by atoms with Crippen LogP contribution in [0.1, 0.15) is 41.7 Å². The van der Waals surface area contributed by atoms with E-state index >= 15 is 0 Å². The van der Waals surface area contributed by atoms with Gasteiger partial charge in [-0.05, 0) is 61.7 Å². The first kappa shape index (κ1) is 20.3. The zero-order valence-corrected chi connectivity index (χ0v) is 16.4. The Morgan fingerprint density at radius 1 is 1.21 bits per heavy atom. The van der Waals surface area contributed by atoms with E-state index in [1.54, 1.807) is 36.4 Å². The van der Waals surface area contributed by atoms with Gasteiger partial charge in [0.05, 0.1) is 17.0 Å². The van der Waals surface area contributed by atoms with Crippen molar-refractivity contribution in [2.75, 3.05) is 13.2 Å². The minimum atomic E-state index is -3.73. The fourth-order valence-corrected chi connectivity index (χ4v) is 3.49. The number of hydrogen-bond acceptors (Lipinski definition) is 5. The summed E-state index contributed by atoms with van der Waals surface area (Å²) >= 11 is 0. The first-order valence-electron chi connectivity index (χ1n) is 9.11. The van der Waals surface area contributed by atoms with Crippen molar-refractivity contribution in [1.82, 2.24) is 5.32 Å². The zero-order valence-electron chi connectivity index (χ0n) is 15.6. The Hall–Kier alpha value is -2.42. The number of nitrogens with two attached hydrogens (primary N) is 1. The molecule has 2 aromatic rings. The van der Waals surface area contributed by atoms with Crippen LogP contribution in [0.4, 0.5) is 0 Å². The van der Waals surface area contributed by atoms with E-state index in [1.807, 2.05) is 6.92 Å². The maximum atomic E-state index is 12.4. The second-order valence-corrected chi connectivity index (χ2v) is 8.34. The Labute approximate surface area is 164 Å². The summed E-state index contributed by atoms with van der Waals surface area (Å²) in [6.45, 7) is 3.12. The molecule has 8 heteroatoms. The molecule has 0 aliphatic carbocycles. The van der Waals surface area contributed by atoms with Gasteiger partial charge in [-0.3, -0.25) is 4.79 Å². The standard InChI is InChI=1S/C20H24N2O5S/c1-14(15-6-10-19(11-7-15)28(21,24)25)22-20(23)16-4-8-17(9-5-16)27-13-18-3-2-12-26-18/h4-11,14,18H,2-3,12-13H2,1H3,(H,22,23)(H2,21,24,25)/t14-,18-/m0/s1. The molecule has 1 saturated heterocycles. The largest absolute Gasteiger partial charge is 0.491 e. The van der Waals surface area contributed by atoms with E-state index in [0.29, 0.717) is 17.9 Å². The van der Waals surface area contributed by atoms with Gasteiger partial charge in [-0.1, -0.05) is 12.1 Å². The van der Waals surface area contributed by atoms with E-state index in [9.17, 15) is 13.2 Å². The number of primary sulfonamides is 1. The molecule has 1 heterocycles. The molecule has 1 aliphatic rings. The van der Waals surface area contributed by atoms with Crippen LogP contribution in [-0.4, -0.2) is 33.6 Å². The molecule has 3 rings (SSSR count). The van der Waals surface area contributed by atoms with Crippen molar-refractivity contribution < 1.29 is 22.7 Å². The number of carbonyl (C=O) groups excluding carboxylic acids is 1. The highest BCUT2D eigenvalue weighted by atomic mass is 32.2. The smallest absolute Gasteiger partial charge is 0.251 e. The van der Waals surface area contributed by atoms with Crippen molar-refractivity contribution in [3.63, 3.8) is 0 Å². The van der Waals surface area contributed by atoms with Crippen LogP contribution >= 0.6 is 0 Å². The highest BCUT2D eigenvalue weighted by Crippen LogP contribution is 2.19. The van der Waals surface area contributed by atoms with Crippen molar-refractivity contribution in [1.29, 1.82) is 0 Å². The topological polar surface area (TPSA) is 108 Å². The molecule has 1 amide bonds. The van der Waals surface area contributed by atoms with Crippen LogP contribution in [0.2, 0.25) is 0 Å². The highest BCUT2D eigenvalue weighted by Gasteiger charge is 2.16. The number of benzene rings is 2. The van der Waals surface area contributed by atoms with Crippen molar-refractivity contribution in [2.45, 2.75) is 36.8 Å². The number of ether oxygens (including phenoxy) is 2. The Kier molecular flexibility index (Phi) is 6.33. The van der Waals surface area contributed by atoms with Gasteiger partial charge in [-0.2, -0.15) is 0 Å².